The van der Waals surface area contributed by atoms with E-state index in [0.717, 1.165) is 19.3 Å². The van der Waals surface area contributed by atoms with Crippen LogP contribution in [0.4, 0.5) is 0 Å². The zero-order chi connectivity index (χ0) is 14.1. The molecule has 0 bridgehead atoms. The maximum absolute atomic E-state index is 11.0. The van der Waals surface area contributed by atoms with Crippen molar-refractivity contribution in [2.75, 3.05) is 13.2 Å². The van der Waals surface area contributed by atoms with E-state index in [1.54, 1.807) is 0 Å². The maximum Gasteiger partial charge on any atom is 0.324 e. The monoisotopic (exact) mass is 265 g/mol. The molecular formula is C15H23NO3. The third-order valence-corrected chi connectivity index (χ3v) is 2.82. The van der Waals surface area contributed by atoms with E-state index in [0.29, 0.717) is 12.3 Å². The quantitative estimate of drug-likeness (QED) is 0.720. The van der Waals surface area contributed by atoms with E-state index >= 15 is 0 Å². The number of carbonyl (C=O) groups is 1. The van der Waals surface area contributed by atoms with Gasteiger partial charge in [-0.3, -0.25) is 4.79 Å². The summed E-state index contributed by atoms with van der Waals surface area (Å²) >= 11 is 0. The van der Waals surface area contributed by atoms with Crippen molar-refractivity contribution in [1.29, 1.82) is 0 Å². The fourth-order valence-corrected chi connectivity index (χ4v) is 1.76. The van der Waals surface area contributed by atoms with Crippen LogP contribution in [-0.2, 0) is 11.2 Å². The first-order valence-electron chi connectivity index (χ1n) is 6.85. The van der Waals surface area contributed by atoms with E-state index in [2.05, 4.69) is 12.2 Å². The Kier molecular flexibility index (Phi) is 6.97. The van der Waals surface area contributed by atoms with E-state index in [9.17, 15) is 4.79 Å². The molecule has 4 heteroatoms. The summed E-state index contributed by atoms with van der Waals surface area (Å²) in [5.74, 6) is -0.166. The van der Waals surface area contributed by atoms with Crippen LogP contribution in [0.3, 0.4) is 0 Å². The number of aliphatic carboxylic acids is 1. The Morgan fingerprint density at radius 3 is 2.47 bits per heavy atom. The normalized spacial score (nSPS) is 12.1. The highest BCUT2D eigenvalue weighted by molar-refractivity contribution is 5.73. The summed E-state index contributed by atoms with van der Waals surface area (Å²) in [4.78, 5) is 11.0. The third-order valence-electron chi connectivity index (χ3n) is 2.82. The molecule has 19 heavy (non-hydrogen) atoms. The average molecular weight is 265 g/mol. The van der Waals surface area contributed by atoms with Gasteiger partial charge in [0.15, 0.2) is 0 Å². The topological polar surface area (TPSA) is 58.6 Å². The lowest BCUT2D eigenvalue weighted by atomic mass is 10.1. The highest BCUT2D eigenvalue weighted by Gasteiger charge is 2.16. The number of benzene rings is 1. The van der Waals surface area contributed by atoms with Crippen molar-refractivity contribution in [3.05, 3.63) is 29.8 Å². The van der Waals surface area contributed by atoms with Gasteiger partial charge in [-0.2, -0.15) is 0 Å². The lowest BCUT2D eigenvalue weighted by molar-refractivity contribution is -0.140. The molecule has 0 saturated heterocycles. The molecule has 1 atom stereocenters. The van der Waals surface area contributed by atoms with E-state index in [4.69, 9.17) is 9.84 Å². The molecule has 0 heterocycles. The zero-order valence-corrected chi connectivity index (χ0v) is 11.7. The van der Waals surface area contributed by atoms with Gasteiger partial charge in [0.1, 0.15) is 18.4 Å². The SMILES string of the molecule is CCCNC(COc1ccc(CCC)cc1)C(=O)O. The first kappa shape index (κ1) is 15.5. The second kappa shape index (κ2) is 8.53. The molecule has 0 saturated carbocycles. The summed E-state index contributed by atoms with van der Waals surface area (Å²) in [6.07, 6.45) is 3.06. The summed E-state index contributed by atoms with van der Waals surface area (Å²) in [5.41, 5.74) is 1.27. The van der Waals surface area contributed by atoms with Crippen LogP contribution in [0.1, 0.15) is 32.3 Å². The molecule has 0 aromatic heterocycles. The lowest BCUT2D eigenvalue weighted by Gasteiger charge is -2.15. The summed E-state index contributed by atoms with van der Waals surface area (Å²) in [5, 5.41) is 12.0. The van der Waals surface area contributed by atoms with Crippen LogP contribution in [0.5, 0.6) is 5.75 Å². The number of aryl methyl sites for hydroxylation is 1. The minimum absolute atomic E-state index is 0.141. The van der Waals surface area contributed by atoms with Gasteiger partial charge in [0.2, 0.25) is 0 Å². The largest absolute Gasteiger partial charge is 0.491 e. The molecule has 0 aliphatic heterocycles. The molecular weight excluding hydrogens is 242 g/mol. The van der Waals surface area contributed by atoms with Gasteiger partial charge in [-0.05, 0) is 37.1 Å². The zero-order valence-electron chi connectivity index (χ0n) is 11.7. The number of carboxylic acids is 1. The molecule has 1 aromatic carbocycles. The molecule has 0 spiro atoms. The van der Waals surface area contributed by atoms with Crippen molar-refractivity contribution in [2.45, 2.75) is 39.2 Å². The molecule has 2 N–H and O–H groups in total. The minimum atomic E-state index is -0.879. The summed E-state index contributed by atoms with van der Waals surface area (Å²) in [6, 6.07) is 7.17. The Morgan fingerprint density at radius 1 is 1.26 bits per heavy atom. The van der Waals surface area contributed by atoms with Crippen molar-refractivity contribution < 1.29 is 14.6 Å². The van der Waals surface area contributed by atoms with Gasteiger partial charge < -0.3 is 15.2 Å². The predicted molar refractivity (Wildman–Crippen MR) is 75.6 cm³/mol. The van der Waals surface area contributed by atoms with Gasteiger partial charge in [0, 0.05) is 0 Å². The highest BCUT2D eigenvalue weighted by atomic mass is 16.5. The minimum Gasteiger partial charge on any atom is -0.491 e. The average Bonchev–Trinajstić information content (AvgIpc) is 2.40. The van der Waals surface area contributed by atoms with Crippen LogP contribution >= 0.6 is 0 Å². The van der Waals surface area contributed by atoms with Crippen LogP contribution in [-0.4, -0.2) is 30.3 Å². The second-order valence-electron chi connectivity index (χ2n) is 4.55. The highest BCUT2D eigenvalue weighted by Crippen LogP contribution is 2.13. The smallest absolute Gasteiger partial charge is 0.324 e. The Bertz CT molecular complexity index is 375. The number of carboxylic acid groups (broad SMARTS) is 1. The Morgan fingerprint density at radius 2 is 1.95 bits per heavy atom. The Labute approximate surface area is 114 Å². The lowest BCUT2D eigenvalue weighted by Crippen LogP contribution is -2.41. The molecule has 0 amide bonds. The molecule has 0 radical (unpaired) electrons. The molecule has 1 unspecified atom stereocenters. The van der Waals surface area contributed by atoms with E-state index in [-0.39, 0.29) is 6.61 Å². The van der Waals surface area contributed by atoms with Gasteiger partial charge in [-0.25, -0.2) is 0 Å². The first-order chi connectivity index (χ1) is 9.17. The van der Waals surface area contributed by atoms with Crippen molar-refractivity contribution >= 4 is 5.97 Å². The third kappa shape index (κ3) is 5.75. The summed E-state index contributed by atoms with van der Waals surface area (Å²) in [7, 11) is 0. The van der Waals surface area contributed by atoms with Crippen LogP contribution in [0, 0.1) is 0 Å². The van der Waals surface area contributed by atoms with Gasteiger partial charge in [-0.1, -0.05) is 32.4 Å². The van der Waals surface area contributed by atoms with E-state index in [1.165, 1.54) is 5.56 Å². The fraction of sp³-hybridized carbons (Fsp3) is 0.533. The van der Waals surface area contributed by atoms with Crippen LogP contribution in [0.25, 0.3) is 0 Å². The van der Waals surface area contributed by atoms with Gasteiger partial charge in [-0.15, -0.1) is 0 Å². The standard InChI is InChI=1S/C15H23NO3/c1-3-5-12-6-8-13(9-7-12)19-11-14(15(17)18)16-10-4-2/h6-9,14,16H,3-5,10-11H2,1-2H3,(H,17,18). The molecule has 0 aliphatic carbocycles. The maximum atomic E-state index is 11.0. The Balaban J connectivity index is 2.46. The first-order valence-corrected chi connectivity index (χ1v) is 6.85. The van der Waals surface area contributed by atoms with E-state index < -0.39 is 12.0 Å². The van der Waals surface area contributed by atoms with E-state index in [1.807, 2.05) is 31.2 Å². The number of hydrogen-bond donors (Lipinski definition) is 2. The van der Waals surface area contributed by atoms with Crippen molar-refractivity contribution in [1.82, 2.24) is 5.32 Å². The predicted octanol–water partition coefficient (Wildman–Crippen LogP) is 2.47. The number of hydrogen-bond acceptors (Lipinski definition) is 3. The molecule has 4 nitrogen and oxygen atoms in total. The second-order valence-corrected chi connectivity index (χ2v) is 4.55. The van der Waals surface area contributed by atoms with Gasteiger partial charge >= 0.3 is 5.97 Å². The van der Waals surface area contributed by atoms with Crippen LogP contribution in [0.15, 0.2) is 24.3 Å². The fourth-order valence-electron chi connectivity index (χ4n) is 1.76. The molecule has 106 valence electrons. The molecule has 1 rings (SSSR count). The number of ether oxygens (including phenoxy) is 1. The van der Waals surface area contributed by atoms with Crippen molar-refractivity contribution in [3.8, 4) is 5.75 Å². The molecule has 0 fully saturated rings. The number of rotatable bonds is 9. The van der Waals surface area contributed by atoms with Crippen molar-refractivity contribution in [3.63, 3.8) is 0 Å². The van der Waals surface area contributed by atoms with Crippen molar-refractivity contribution in [2.24, 2.45) is 0 Å². The van der Waals surface area contributed by atoms with Gasteiger partial charge in [0.25, 0.3) is 0 Å². The number of nitrogens with one attached hydrogen (secondary N) is 1. The van der Waals surface area contributed by atoms with Crippen LogP contribution in [0.2, 0.25) is 0 Å². The van der Waals surface area contributed by atoms with Crippen LogP contribution < -0.4 is 10.1 Å². The Hall–Kier alpha value is -1.55. The van der Waals surface area contributed by atoms with Gasteiger partial charge in [0.05, 0.1) is 0 Å². The molecule has 0 aliphatic rings. The summed E-state index contributed by atoms with van der Waals surface area (Å²) in [6.45, 7) is 4.96. The summed E-state index contributed by atoms with van der Waals surface area (Å²) < 4.78 is 5.52. The molecule has 1 aromatic rings.